The normalized spacial score (nSPS) is 18.7. The fourth-order valence-electron chi connectivity index (χ4n) is 3.52. The van der Waals surface area contributed by atoms with E-state index in [1.54, 1.807) is 0 Å². The Hall–Kier alpha value is -1.92. The standard InChI is InChI=1S/C20H28N4O2/c1-20(2,3)19-21-18(22-26-19)14-24-9-7-23(8-10-24)13-15-4-5-17-16(12-15)6-11-25-17/h4-5,12H,6-11,13-14H2,1-3H3. The van der Waals surface area contributed by atoms with E-state index in [1.165, 1.54) is 11.1 Å². The van der Waals surface area contributed by atoms with Gasteiger partial charge < -0.3 is 9.26 Å². The third-order valence-electron chi connectivity index (χ3n) is 5.10. The topological polar surface area (TPSA) is 54.6 Å². The van der Waals surface area contributed by atoms with Crippen LogP contribution >= 0.6 is 0 Å². The van der Waals surface area contributed by atoms with Crippen LogP contribution in [0.25, 0.3) is 0 Å². The molecular formula is C20H28N4O2. The van der Waals surface area contributed by atoms with Crippen LogP contribution in [0.15, 0.2) is 22.7 Å². The summed E-state index contributed by atoms with van der Waals surface area (Å²) >= 11 is 0. The summed E-state index contributed by atoms with van der Waals surface area (Å²) in [5.74, 6) is 2.57. The van der Waals surface area contributed by atoms with Gasteiger partial charge >= 0.3 is 0 Å². The van der Waals surface area contributed by atoms with E-state index < -0.39 is 0 Å². The summed E-state index contributed by atoms with van der Waals surface area (Å²) in [6.45, 7) is 13.1. The van der Waals surface area contributed by atoms with Crippen molar-refractivity contribution < 1.29 is 9.26 Å². The second kappa shape index (κ2) is 7.00. The number of piperazine rings is 1. The van der Waals surface area contributed by atoms with Crippen molar-refractivity contribution in [2.45, 2.75) is 45.7 Å². The van der Waals surface area contributed by atoms with E-state index in [4.69, 9.17) is 9.26 Å². The second-order valence-electron chi connectivity index (χ2n) is 8.36. The van der Waals surface area contributed by atoms with Crippen LogP contribution in [0.3, 0.4) is 0 Å². The minimum atomic E-state index is -0.0924. The number of fused-ring (bicyclic) bond motifs is 1. The lowest BCUT2D eigenvalue weighted by Crippen LogP contribution is -2.45. The van der Waals surface area contributed by atoms with Crippen LogP contribution in [0.1, 0.15) is 43.6 Å². The molecule has 0 bridgehead atoms. The van der Waals surface area contributed by atoms with Crippen LogP contribution in [0, 0.1) is 0 Å². The molecule has 0 unspecified atom stereocenters. The van der Waals surface area contributed by atoms with Crippen LogP contribution in [-0.4, -0.2) is 52.7 Å². The largest absolute Gasteiger partial charge is 0.493 e. The molecule has 1 aromatic carbocycles. The van der Waals surface area contributed by atoms with Gasteiger partial charge in [-0.3, -0.25) is 9.80 Å². The summed E-state index contributed by atoms with van der Waals surface area (Å²) < 4.78 is 11.0. The molecule has 4 rings (SSSR count). The summed E-state index contributed by atoms with van der Waals surface area (Å²) in [7, 11) is 0. The molecule has 6 heteroatoms. The number of aromatic nitrogens is 2. The third kappa shape index (κ3) is 3.91. The number of ether oxygens (including phenoxy) is 1. The van der Waals surface area contributed by atoms with Crippen LogP contribution in [0.5, 0.6) is 5.75 Å². The Morgan fingerprint density at radius 1 is 1.04 bits per heavy atom. The van der Waals surface area contributed by atoms with E-state index in [-0.39, 0.29) is 5.41 Å². The molecule has 26 heavy (non-hydrogen) atoms. The minimum Gasteiger partial charge on any atom is -0.493 e. The molecule has 2 aliphatic heterocycles. The second-order valence-corrected chi connectivity index (χ2v) is 8.36. The minimum absolute atomic E-state index is 0.0924. The fourth-order valence-corrected chi connectivity index (χ4v) is 3.52. The molecule has 140 valence electrons. The van der Waals surface area contributed by atoms with Crippen LogP contribution < -0.4 is 4.74 Å². The SMILES string of the molecule is CC(C)(C)c1nc(CN2CCN(Cc3ccc4c(c3)CCO4)CC2)no1. The average molecular weight is 356 g/mol. The fraction of sp³-hybridized carbons (Fsp3) is 0.600. The summed E-state index contributed by atoms with van der Waals surface area (Å²) in [5, 5.41) is 4.14. The highest BCUT2D eigenvalue weighted by Crippen LogP contribution is 2.26. The van der Waals surface area contributed by atoms with E-state index in [9.17, 15) is 0 Å². The zero-order valence-corrected chi connectivity index (χ0v) is 16.0. The molecule has 6 nitrogen and oxygen atoms in total. The molecule has 0 amide bonds. The Morgan fingerprint density at radius 3 is 2.46 bits per heavy atom. The van der Waals surface area contributed by atoms with Gasteiger partial charge in [0.05, 0.1) is 13.2 Å². The highest BCUT2D eigenvalue weighted by molar-refractivity contribution is 5.39. The van der Waals surface area contributed by atoms with Crippen molar-refractivity contribution in [1.82, 2.24) is 19.9 Å². The molecule has 2 aromatic rings. The molecule has 0 atom stereocenters. The smallest absolute Gasteiger partial charge is 0.232 e. The summed E-state index contributed by atoms with van der Waals surface area (Å²) in [5.41, 5.74) is 2.65. The maximum absolute atomic E-state index is 5.60. The molecule has 0 aliphatic carbocycles. The Labute approximate surface area is 155 Å². The van der Waals surface area contributed by atoms with Gasteiger partial charge in [-0.1, -0.05) is 38.1 Å². The van der Waals surface area contributed by atoms with Gasteiger partial charge in [0, 0.05) is 44.6 Å². The molecule has 0 N–H and O–H groups in total. The van der Waals surface area contributed by atoms with E-state index >= 15 is 0 Å². The van der Waals surface area contributed by atoms with Crippen molar-refractivity contribution in [3.63, 3.8) is 0 Å². The lowest BCUT2D eigenvalue weighted by molar-refractivity contribution is 0.119. The van der Waals surface area contributed by atoms with Crippen molar-refractivity contribution in [3.05, 3.63) is 41.0 Å². The highest BCUT2D eigenvalue weighted by Gasteiger charge is 2.24. The monoisotopic (exact) mass is 356 g/mol. The molecule has 1 aromatic heterocycles. The van der Waals surface area contributed by atoms with E-state index in [0.29, 0.717) is 5.89 Å². The van der Waals surface area contributed by atoms with Crippen LogP contribution in [-0.2, 0) is 24.9 Å². The van der Waals surface area contributed by atoms with Crippen molar-refractivity contribution in [2.24, 2.45) is 0 Å². The predicted molar refractivity (Wildman–Crippen MR) is 99.2 cm³/mol. The number of rotatable bonds is 4. The molecule has 2 aliphatic rings. The number of nitrogens with zero attached hydrogens (tertiary/aromatic N) is 4. The lowest BCUT2D eigenvalue weighted by atomic mass is 9.97. The lowest BCUT2D eigenvalue weighted by Gasteiger charge is -2.34. The Kier molecular flexibility index (Phi) is 4.71. The number of hydrogen-bond donors (Lipinski definition) is 0. The zero-order valence-electron chi connectivity index (χ0n) is 16.0. The summed E-state index contributed by atoms with van der Waals surface area (Å²) in [4.78, 5) is 9.48. The first-order valence-electron chi connectivity index (χ1n) is 9.50. The van der Waals surface area contributed by atoms with Crippen molar-refractivity contribution in [3.8, 4) is 5.75 Å². The van der Waals surface area contributed by atoms with E-state index in [1.807, 2.05) is 0 Å². The van der Waals surface area contributed by atoms with Gasteiger partial charge in [0.25, 0.3) is 0 Å². The highest BCUT2D eigenvalue weighted by atomic mass is 16.5. The van der Waals surface area contributed by atoms with Gasteiger partial charge in [-0.2, -0.15) is 4.98 Å². The predicted octanol–water partition coefficient (Wildman–Crippen LogP) is 2.62. The molecule has 0 spiro atoms. The Morgan fingerprint density at radius 2 is 1.77 bits per heavy atom. The Bertz CT molecular complexity index is 757. The van der Waals surface area contributed by atoms with Gasteiger partial charge in [-0.15, -0.1) is 0 Å². The van der Waals surface area contributed by atoms with Crippen molar-refractivity contribution in [2.75, 3.05) is 32.8 Å². The maximum atomic E-state index is 5.60. The summed E-state index contributed by atoms with van der Waals surface area (Å²) in [6, 6.07) is 6.63. The van der Waals surface area contributed by atoms with E-state index in [2.05, 4.69) is 58.9 Å². The zero-order chi connectivity index (χ0) is 18.1. The van der Waals surface area contributed by atoms with Crippen molar-refractivity contribution >= 4 is 0 Å². The summed E-state index contributed by atoms with van der Waals surface area (Å²) in [6.07, 6.45) is 1.04. The molecular weight excluding hydrogens is 328 g/mol. The molecule has 1 saturated heterocycles. The van der Waals surface area contributed by atoms with Gasteiger partial charge in [0.2, 0.25) is 5.89 Å². The molecule has 3 heterocycles. The average Bonchev–Trinajstić information content (AvgIpc) is 3.25. The van der Waals surface area contributed by atoms with E-state index in [0.717, 1.165) is 63.9 Å². The molecule has 0 radical (unpaired) electrons. The van der Waals surface area contributed by atoms with Gasteiger partial charge in [0.1, 0.15) is 5.75 Å². The van der Waals surface area contributed by atoms with Crippen LogP contribution in [0.2, 0.25) is 0 Å². The van der Waals surface area contributed by atoms with Gasteiger partial charge in [-0.05, 0) is 17.2 Å². The number of benzene rings is 1. The first kappa shape index (κ1) is 17.5. The first-order valence-corrected chi connectivity index (χ1v) is 9.50. The first-order chi connectivity index (χ1) is 12.5. The third-order valence-corrected chi connectivity index (χ3v) is 5.10. The molecule has 0 saturated carbocycles. The Balaban J connectivity index is 1.28. The van der Waals surface area contributed by atoms with Crippen LogP contribution in [0.4, 0.5) is 0 Å². The van der Waals surface area contributed by atoms with Gasteiger partial charge in [0.15, 0.2) is 5.82 Å². The van der Waals surface area contributed by atoms with Gasteiger partial charge in [-0.25, -0.2) is 0 Å². The quantitative estimate of drug-likeness (QED) is 0.839. The molecule has 1 fully saturated rings. The maximum Gasteiger partial charge on any atom is 0.232 e. The number of hydrogen-bond acceptors (Lipinski definition) is 6. The van der Waals surface area contributed by atoms with Crippen molar-refractivity contribution in [1.29, 1.82) is 0 Å².